The quantitative estimate of drug-likeness (QED) is 0.572. The molecule has 5 heteroatoms. The molecule has 1 aliphatic rings. The number of para-hydroxylation sites is 1. The number of ether oxygens (including phenoxy) is 1. The van der Waals surface area contributed by atoms with Crippen LogP contribution < -0.4 is 10.1 Å². The Bertz CT molecular complexity index is 929. The normalized spacial score (nSPS) is 16.5. The fraction of sp³-hybridized carbons (Fsp3) is 0.158. The second kappa shape index (κ2) is 5.85. The number of hydrogen-bond donors (Lipinski definition) is 2. The van der Waals surface area contributed by atoms with Gasteiger partial charge in [0.25, 0.3) is 0 Å². The first kappa shape index (κ1) is 14.5. The highest BCUT2D eigenvalue weighted by Gasteiger charge is 2.28. The van der Waals surface area contributed by atoms with Gasteiger partial charge in [0, 0.05) is 29.7 Å². The number of benzene rings is 2. The van der Waals surface area contributed by atoms with Crippen molar-refractivity contribution in [3.8, 4) is 5.75 Å². The standard InChI is InChI=1S/C19H16N2O3/c22-18(21-14-6-5-12-7-8-20-16(12)11-14)9-13-10-19(23)24-17-4-2-1-3-15(13)17/h1-8,11,13,20H,9-10H2,(H,21,22). The van der Waals surface area contributed by atoms with Crippen LogP contribution in [0.5, 0.6) is 5.75 Å². The monoisotopic (exact) mass is 320 g/mol. The Morgan fingerprint density at radius 3 is 3.00 bits per heavy atom. The third kappa shape index (κ3) is 2.76. The van der Waals surface area contributed by atoms with Crippen LogP contribution in [0.25, 0.3) is 10.9 Å². The van der Waals surface area contributed by atoms with Crippen LogP contribution in [-0.2, 0) is 9.59 Å². The number of nitrogens with one attached hydrogen (secondary N) is 2. The minimum Gasteiger partial charge on any atom is -0.426 e. The molecule has 1 unspecified atom stereocenters. The Balaban J connectivity index is 1.50. The summed E-state index contributed by atoms with van der Waals surface area (Å²) in [5, 5.41) is 4.00. The molecule has 1 atom stereocenters. The lowest BCUT2D eigenvalue weighted by Gasteiger charge is -2.23. The summed E-state index contributed by atoms with van der Waals surface area (Å²) in [6.07, 6.45) is 2.33. The highest BCUT2D eigenvalue weighted by Crippen LogP contribution is 2.36. The average molecular weight is 320 g/mol. The van der Waals surface area contributed by atoms with Gasteiger partial charge in [-0.25, -0.2) is 0 Å². The van der Waals surface area contributed by atoms with E-state index in [1.807, 2.05) is 48.7 Å². The number of aromatic amines is 1. The molecule has 2 N–H and O–H groups in total. The Kier molecular flexibility index (Phi) is 3.54. The summed E-state index contributed by atoms with van der Waals surface area (Å²) in [6, 6.07) is 15.1. The van der Waals surface area contributed by atoms with Gasteiger partial charge in [-0.15, -0.1) is 0 Å². The number of fused-ring (bicyclic) bond motifs is 2. The summed E-state index contributed by atoms with van der Waals surface area (Å²) in [4.78, 5) is 27.3. The van der Waals surface area contributed by atoms with Crippen LogP contribution >= 0.6 is 0 Å². The molecule has 1 aromatic heterocycles. The molecule has 24 heavy (non-hydrogen) atoms. The van der Waals surface area contributed by atoms with E-state index in [4.69, 9.17) is 4.74 Å². The molecule has 0 saturated carbocycles. The number of hydrogen-bond acceptors (Lipinski definition) is 3. The largest absolute Gasteiger partial charge is 0.426 e. The molecule has 0 fully saturated rings. The Morgan fingerprint density at radius 1 is 1.21 bits per heavy atom. The van der Waals surface area contributed by atoms with Gasteiger partial charge in [0.05, 0.1) is 6.42 Å². The maximum absolute atomic E-state index is 12.4. The molecule has 120 valence electrons. The molecular formula is C19H16N2O3. The van der Waals surface area contributed by atoms with Crippen molar-refractivity contribution in [2.45, 2.75) is 18.8 Å². The number of amides is 1. The SMILES string of the molecule is O=C(CC1CC(=O)Oc2ccccc21)Nc1ccc2cc[nH]c2c1. The van der Waals surface area contributed by atoms with Crippen molar-refractivity contribution < 1.29 is 14.3 Å². The van der Waals surface area contributed by atoms with Crippen LogP contribution in [-0.4, -0.2) is 16.9 Å². The van der Waals surface area contributed by atoms with Crippen LogP contribution in [0.15, 0.2) is 54.7 Å². The van der Waals surface area contributed by atoms with Crippen LogP contribution in [0, 0.1) is 0 Å². The van der Waals surface area contributed by atoms with Crippen molar-refractivity contribution >= 4 is 28.5 Å². The fourth-order valence-corrected chi connectivity index (χ4v) is 3.13. The van der Waals surface area contributed by atoms with Gasteiger partial charge >= 0.3 is 5.97 Å². The Morgan fingerprint density at radius 2 is 2.08 bits per heavy atom. The van der Waals surface area contributed by atoms with E-state index in [9.17, 15) is 9.59 Å². The molecule has 0 aliphatic carbocycles. The Hall–Kier alpha value is -3.08. The number of H-pyrrole nitrogens is 1. The van der Waals surface area contributed by atoms with Gasteiger partial charge in [-0.1, -0.05) is 24.3 Å². The van der Waals surface area contributed by atoms with E-state index in [1.54, 1.807) is 6.07 Å². The van der Waals surface area contributed by atoms with Crippen molar-refractivity contribution in [3.63, 3.8) is 0 Å². The van der Waals surface area contributed by atoms with Crippen molar-refractivity contribution in [2.24, 2.45) is 0 Å². The van der Waals surface area contributed by atoms with Gasteiger partial charge in [0.2, 0.25) is 5.91 Å². The molecule has 0 radical (unpaired) electrons. The zero-order valence-corrected chi connectivity index (χ0v) is 12.9. The van der Waals surface area contributed by atoms with E-state index < -0.39 is 0 Å². The van der Waals surface area contributed by atoms with Gasteiger partial charge in [0.15, 0.2) is 0 Å². The Labute approximate surface area is 138 Å². The highest BCUT2D eigenvalue weighted by atomic mass is 16.5. The topological polar surface area (TPSA) is 71.2 Å². The molecule has 0 saturated heterocycles. The van der Waals surface area contributed by atoms with Gasteiger partial charge in [-0.2, -0.15) is 0 Å². The van der Waals surface area contributed by atoms with Crippen LogP contribution in [0.1, 0.15) is 24.3 Å². The molecule has 0 bridgehead atoms. The summed E-state index contributed by atoms with van der Waals surface area (Å²) < 4.78 is 5.23. The average Bonchev–Trinajstić information content (AvgIpc) is 3.02. The maximum Gasteiger partial charge on any atom is 0.311 e. The number of anilines is 1. The molecule has 4 rings (SSSR count). The third-order valence-electron chi connectivity index (χ3n) is 4.27. The van der Waals surface area contributed by atoms with E-state index in [0.29, 0.717) is 5.75 Å². The summed E-state index contributed by atoms with van der Waals surface area (Å²) >= 11 is 0. The summed E-state index contributed by atoms with van der Waals surface area (Å²) in [5.41, 5.74) is 2.62. The number of carbonyl (C=O) groups is 2. The smallest absolute Gasteiger partial charge is 0.311 e. The lowest BCUT2D eigenvalue weighted by Crippen LogP contribution is -2.24. The molecular weight excluding hydrogens is 304 g/mol. The van der Waals surface area contributed by atoms with Crippen molar-refractivity contribution in [2.75, 3.05) is 5.32 Å². The van der Waals surface area contributed by atoms with E-state index in [1.165, 1.54) is 0 Å². The predicted octanol–water partition coefficient (Wildman–Crippen LogP) is 3.59. The number of esters is 1. The molecule has 3 aromatic rings. The second-order valence-corrected chi connectivity index (χ2v) is 5.94. The van der Waals surface area contributed by atoms with Crippen molar-refractivity contribution in [1.29, 1.82) is 0 Å². The highest BCUT2D eigenvalue weighted by molar-refractivity contribution is 5.94. The lowest BCUT2D eigenvalue weighted by molar-refractivity contribution is -0.136. The zero-order valence-electron chi connectivity index (χ0n) is 12.9. The minimum atomic E-state index is -0.292. The maximum atomic E-state index is 12.4. The molecule has 2 heterocycles. The molecule has 2 aromatic carbocycles. The number of carbonyl (C=O) groups excluding carboxylic acids is 2. The zero-order chi connectivity index (χ0) is 16.5. The summed E-state index contributed by atoms with van der Waals surface area (Å²) in [6.45, 7) is 0. The molecule has 5 nitrogen and oxygen atoms in total. The van der Waals surface area contributed by atoms with Gasteiger partial charge in [-0.3, -0.25) is 9.59 Å². The molecule has 1 aliphatic heterocycles. The van der Waals surface area contributed by atoms with Crippen LogP contribution in [0.4, 0.5) is 5.69 Å². The first-order valence-corrected chi connectivity index (χ1v) is 7.85. The van der Waals surface area contributed by atoms with Crippen LogP contribution in [0.3, 0.4) is 0 Å². The van der Waals surface area contributed by atoms with Gasteiger partial charge < -0.3 is 15.0 Å². The second-order valence-electron chi connectivity index (χ2n) is 5.94. The first-order valence-electron chi connectivity index (χ1n) is 7.85. The van der Waals surface area contributed by atoms with Gasteiger partial charge in [0.1, 0.15) is 5.75 Å². The van der Waals surface area contributed by atoms with Crippen molar-refractivity contribution in [3.05, 3.63) is 60.3 Å². The third-order valence-corrected chi connectivity index (χ3v) is 4.27. The predicted molar refractivity (Wildman–Crippen MR) is 91.0 cm³/mol. The van der Waals surface area contributed by atoms with Crippen molar-refractivity contribution in [1.82, 2.24) is 4.98 Å². The van der Waals surface area contributed by atoms with E-state index in [2.05, 4.69) is 10.3 Å². The fourth-order valence-electron chi connectivity index (χ4n) is 3.13. The lowest BCUT2D eigenvalue weighted by atomic mass is 9.89. The minimum absolute atomic E-state index is 0.115. The van der Waals surface area contributed by atoms with Gasteiger partial charge in [-0.05, 0) is 35.2 Å². The van der Waals surface area contributed by atoms with E-state index >= 15 is 0 Å². The summed E-state index contributed by atoms with van der Waals surface area (Å²) in [7, 11) is 0. The first-order chi connectivity index (χ1) is 11.7. The molecule has 0 spiro atoms. The van der Waals surface area contributed by atoms with Crippen LogP contribution in [0.2, 0.25) is 0 Å². The number of rotatable bonds is 3. The number of aromatic nitrogens is 1. The summed E-state index contributed by atoms with van der Waals surface area (Å²) in [5.74, 6) is -0.00858. The molecule has 1 amide bonds. The van der Waals surface area contributed by atoms with E-state index in [-0.39, 0.29) is 30.6 Å². The van der Waals surface area contributed by atoms with E-state index in [0.717, 1.165) is 22.2 Å².